The molecule has 4 heteroatoms. The number of nitrogens with zero attached hydrogens (tertiary/aromatic N) is 1. The molecule has 0 N–H and O–H groups in total. The number of alkyl halides is 1. The number of carbonyl (C=O) groups is 1. The summed E-state index contributed by atoms with van der Waals surface area (Å²) in [6, 6.07) is 14.2. The fraction of sp³-hybridized carbons (Fsp3) is 0.118. The maximum absolute atomic E-state index is 13.0. The van der Waals surface area contributed by atoms with Gasteiger partial charge in [-0.3, -0.25) is 4.79 Å². The highest BCUT2D eigenvalue weighted by molar-refractivity contribution is 9.09. The normalized spacial score (nSPS) is 11.0. The minimum atomic E-state index is -0.244. The molecule has 0 aliphatic heterocycles. The highest BCUT2D eigenvalue weighted by Crippen LogP contribution is 2.23. The topological polar surface area (TPSA) is 22.0 Å². The summed E-state index contributed by atoms with van der Waals surface area (Å²) in [6.07, 6.45) is 1.87. The number of rotatable bonds is 4. The summed E-state index contributed by atoms with van der Waals surface area (Å²) in [6.45, 7) is 0.607. The number of hydrogen-bond donors (Lipinski definition) is 0. The summed E-state index contributed by atoms with van der Waals surface area (Å²) in [5, 5.41) is 1.25. The molecule has 0 radical (unpaired) electrons. The standard InChI is InChI=1S/C17H13BrFNO/c18-9-17(21)15-11-20(16-4-2-1-3-14(15)16)10-12-5-7-13(19)8-6-12/h1-8,11H,9-10H2. The van der Waals surface area contributed by atoms with E-state index in [9.17, 15) is 9.18 Å². The van der Waals surface area contributed by atoms with Crippen LogP contribution in [0.3, 0.4) is 0 Å². The van der Waals surface area contributed by atoms with Gasteiger partial charge >= 0.3 is 0 Å². The van der Waals surface area contributed by atoms with E-state index in [1.54, 1.807) is 12.1 Å². The van der Waals surface area contributed by atoms with E-state index in [0.29, 0.717) is 17.4 Å². The van der Waals surface area contributed by atoms with Gasteiger partial charge < -0.3 is 4.57 Å². The molecule has 0 atom stereocenters. The van der Waals surface area contributed by atoms with Crippen molar-refractivity contribution >= 4 is 32.6 Å². The molecule has 0 bridgehead atoms. The molecular formula is C17H13BrFNO. The molecule has 0 fully saturated rings. The molecule has 106 valence electrons. The van der Waals surface area contributed by atoms with Crippen LogP contribution in [0.4, 0.5) is 4.39 Å². The molecule has 0 amide bonds. The van der Waals surface area contributed by atoms with Crippen LogP contribution in [0.15, 0.2) is 54.7 Å². The molecular weight excluding hydrogens is 333 g/mol. The van der Waals surface area contributed by atoms with Gasteiger partial charge in [-0.25, -0.2) is 4.39 Å². The van der Waals surface area contributed by atoms with Crippen molar-refractivity contribution < 1.29 is 9.18 Å². The van der Waals surface area contributed by atoms with Crippen molar-refractivity contribution in [3.8, 4) is 0 Å². The van der Waals surface area contributed by atoms with Crippen molar-refractivity contribution in [3.05, 3.63) is 71.7 Å². The molecule has 0 aliphatic rings. The van der Waals surface area contributed by atoms with Gasteiger partial charge in [-0.15, -0.1) is 0 Å². The SMILES string of the molecule is O=C(CBr)c1cn(Cc2ccc(F)cc2)c2ccccc12. The third-order valence-corrected chi connectivity index (χ3v) is 3.99. The number of aromatic nitrogens is 1. The van der Waals surface area contributed by atoms with Crippen molar-refractivity contribution in [2.75, 3.05) is 5.33 Å². The number of ketones is 1. The number of benzene rings is 2. The number of carbonyl (C=O) groups excluding carboxylic acids is 1. The molecule has 2 nitrogen and oxygen atoms in total. The number of Topliss-reactive ketones (excluding diaryl/α,β-unsaturated/α-hetero) is 1. The minimum absolute atomic E-state index is 0.0593. The van der Waals surface area contributed by atoms with Gasteiger partial charge in [0.25, 0.3) is 0 Å². The first kappa shape index (κ1) is 14.0. The van der Waals surface area contributed by atoms with E-state index in [-0.39, 0.29) is 11.6 Å². The molecule has 2 aromatic carbocycles. The number of halogens is 2. The summed E-state index contributed by atoms with van der Waals surface area (Å²) in [5.74, 6) is -0.185. The Morgan fingerprint density at radius 1 is 1.10 bits per heavy atom. The molecule has 0 unspecified atom stereocenters. The Morgan fingerprint density at radius 3 is 2.52 bits per heavy atom. The number of para-hydroxylation sites is 1. The molecule has 3 aromatic rings. The Balaban J connectivity index is 2.06. The molecule has 21 heavy (non-hydrogen) atoms. The summed E-state index contributed by atoms with van der Waals surface area (Å²) >= 11 is 3.22. The predicted molar refractivity (Wildman–Crippen MR) is 85.6 cm³/mol. The fourth-order valence-corrected chi connectivity index (χ4v) is 2.76. The van der Waals surface area contributed by atoms with Gasteiger partial charge in [0.05, 0.1) is 5.33 Å². The van der Waals surface area contributed by atoms with Crippen LogP contribution < -0.4 is 0 Å². The highest BCUT2D eigenvalue weighted by Gasteiger charge is 2.13. The maximum Gasteiger partial charge on any atom is 0.175 e. The molecule has 0 saturated carbocycles. The van der Waals surface area contributed by atoms with Crippen molar-refractivity contribution in [1.29, 1.82) is 0 Å². The van der Waals surface area contributed by atoms with Crippen LogP contribution in [0.5, 0.6) is 0 Å². The average Bonchev–Trinajstić information content (AvgIpc) is 2.88. The van der Waals surface area contributed by atoms with Crippen LogP contribution in [0.2, 0.25) is 0 Å². The van der Waals surface area contributed by atoms with E-state index in [0.717, 1.165) is 16.5 Å². The van der Waals surface area contributed by atoms with Gasteiger partial charge in [0.2, 0.25) is 0 Å². The van der Waals surface area contributed by atoms with Crippen LogP contribution in [0.1, 0.15) is 15.9 Å². The Labute approximate surface area is 130 Å². The average molecular weight is 346 g/mol. The Bertz CT molecular complexity index is 792. The lowest BCUT2D eigenvalue weighted by Crippen LogP contribution is -2.00. The van der Waals surface area contributed by atoms with E-state index in [1.165, 1.54) is 12.1 Å². The van der Waals surface area contributed by atoms with Gasteiger partial charge in [-0.1, -0.05) is 46.3 Å². The Kier molecular flexibility index (Phi) is 3.88. The second kappa shape index (κ2) is 5.82. The Morgan fingerprint density at radius 2 is 1.81 bits per heavy atom. The van der Waals surface area contributed by atoms with E-state index >= 15 is 0 Å². The zero-order chi connectivity index (χ0) is 14.8. The van der Waals surface area contributed by atoms with Crippen molar-refractivity contribution in [1.82, 2.24) is 4.57 Å². The van der Waals surface area contributed by atoms with Crippen molar-refractivity contribution in [2.24, 2.45) is 0 Å². The molecule has 1 heterocycles. The molecule has 3 rings (SSSR count). The van der Waals surface area contributed by atoms with Gasteiger partial charge in [-0.05, 0) is 23.8 Å². The van der Waals surface area contributed by atoms with E-state index < -0.39 is 0 Å². The first-order valence-electron chi connectivity index (χ1n) is 6.60. The second-order valence-corrected chi connectivity index (χ2v) is 5.43. The lowest BCUT2D eigenvalue weighted by Gasteiger charge is -2.05. The van der Waals surface area contributed by atoms with Gasteiger partial charge in [0, 0.05) is 29.2 Å². The summed E-state index contributed by atoms with van der Waals surface area (Å²) in [7, 11) is 0. The lowest BCUT2D eigenvalue weighted by atomic mass is 10.1. The van der Waals surface area contributed by atoms with Crippen LogP contribution >= 0.6 is 15.9 Å². The van der Waals surface area contributed by atoms with E-state index in [2.05, 4.69) is 15.9 Å². The van der Waals surface area contributed by atoms with Crippen LogP contribution in [-0.4, -0.2) is 15.7 Å². The van der Waals surface area contributed by atoms with Gasteiger partial charge in [0.1, 0.15) is 5.82 Å². The van der Waals surface area contributed by atoms with Crippen molar-refractivity contribution in [2.45, 2.75) is 6.54 Å². The largest absolute Gasteiger partial charge is 0.342 e. The lowest BCUT2D eigenvalue weighted by molar-refractivity contribution is 0.102. The molecule has 0 aliphatic carbocycles. The molecule has 0 spiro atoms. The summed E-state index contributed by atoms with van der Waals surface area (Å²) in [4.78, 5) is 12.0. The predicted octanol–water partition coefficient (Wildman–Crippen LogP) is 4.41. The van der Waals surface area contributed by atoms with Crippen LogP contribution in [0, 0.1) is 5.82 Å². The monoisotopic (exact) mass is 345 g/mol. The zero-order valence-electron chi connectivity index (χ0n) is 11.2. The fourth-order valence-electron chi connectivity index (χ4n) is 2.46. The second-order valence-electron chi connectivity index (χ2n) is 4.87. The number of hydrogen-bond acceptors (Lipinski definition) is 1. The summed E-state index contributed by atoms with van der Waals surface area (Å²) < 4.78 is 15.0. The van der Waals surface area contributed by atoms with Gasteiger partial charge in [0.15, 0.2) is 5.78 Å². The number of fused-ring (bicyclic) bond motifs is 1. The van der Waals surface area contributed by atoms with E-state index in [1.807, 2.05) is 35.0 Å². The maximum atomic E-state index is 13.0. The van der Waals surface area contributed by atoms with Crippen LogP contribution in [-0.2, 0) is 6.54 Å². The minimum Gasteiger partial charge on any atom is -0.342 e. The third kappa shape index (κ3) is 2.76. The van der Waals surface area contributed by atoms with E-state index in [4.69, 9.17) is 0 Å². The third-order valence-electron chi connectivity index (χ3n) is 3.48. The summed E-state index contributed by atoms with van der Waals surface area (Å²) in [5.41, 5.74) is 2.71. The Hall–Kier alpha value is -1.94. The van der Waals surface area contributed by atoms with Crippen LogP contribution in [0.25, 0.3) is 10.9 Å². The zero-order valence-corrected chi connectivity index (χ0v) is 12.8. The highest BCUT2D eigenvalue weighted by atomic mass is 79.9. The first-order chi connectivity index (χ1) is 10.2. The van der Waals surface area contributed by atoms with Crippen molar-refractivity contribution in [3.63, 3.8) is 0 Å². The smallest absolute Gasteiger partial charge is 0.175 e. The van der Waals surface area contributed by atoms with Gasteiger partial charge in [-0.2, -0.15) is 0 Å². The molecule has 0 saturated heterocycles. The first-order valence-corrected chi connectivity index (χ1v) is 7.72. The quantitative estimate of drug-likeness (QED) is 0.507. The molecule has 1 aromatic heterocycles.